The van der Waals surface area contributed by atoms with Gasteiger partial charge in [0.15, 0.2) is 4.80 Å². The highest BCUT2D eigenvalue weighted by molar-refractivity contribution is 7.07. The molecule has 2 aromatic heterocycles. The minimum absolute atomic E-state index is 0.131. The highest BCUT2D eigenvalue weighted by Crippen LogP contribution is 2.41. The predicted octanol–water partition coefficient (Wildman–Crippen LogP) is 5.06. The molecule has 0 saturated heterocycles. The number of carbonyl (C=O) groups is 2. The molecule has 0 saturated carbocycles. The minimum Gasteiger partial charge on any atom is -0.478 e. The lowest BCUT2D eigenvalue weighted by Crippen LogP contribution is -2.38. The van der Waals surface area contributed by atoms with Crippen LogP contribution in [0.1, 0.15) is 55.6 Å². The van der Waals surface area contributed by atoms with Crippen molar-refractivity contribution in [3.63, 3.8) is 0 Å². The highest BCUT2D eigenvalue weighted by Gasteiger charge is 2.32. The van der Waals surface area contributed by atoms with Gasteiger partial charge in [-0.05, 0) is 59.9 Å². The number of carboxylic acid groups (broad SMARTS) is 1. The van der Waals surface area contributed by atoms with Crippen LogP contribution in [0.3, 0.4) is 0 Å². The third-order valence-electron chi connectivity index (χ3n) is 7.84. The van der Waals surface area contributed by atoms with E-state index in [4.69, 9.17) is 14.1 Å². The number of carbonyl (C=O) groups excluding carboxylic acids is 1. The van der Waals surface area contributed by atoms with Crippen LogP contribution in [0.25, 0.3) is 23.1 Å². The molecule has 8 nitrogen and oxygen atoms in total. The molecule has 212 valence electrons. The molecule has 7 rings (SSSR count). The molecule has 1 aliphatic heterocycles. The number of allylic oxidation sites excluding steroid dienone is 1. The lowest BCUT2D eigenvalue weighted by atomic mass is 9.83. The first-order chi connectivity index (χ1) is 20.9. The second-order valence-corrected chi connectivity index (χ2v) is 11.3. The Kier molecular flexibility index (Phi) is 6.51. The van der Waals surface area contributed by atoms with E-state index < -0.39 is 18.0 Å². The van der Waals surface area contributed by atoms with Crippen molar-refractivity contribution in [3.05, 3.63) is 144 Å². The molecule has 3 aromatic carbocycles. The van der Waals surface area contributed by atoms with Crippen LogP contribution in [0.4, 0.5) is 0 Å². The molecule has 5 aromatic rings. The number of carboxylic acids is 1. The topological polar surface area (TPSA) is 111 Å². The van der Waals surface area contributed by atoms with E-state index in [2.05, 4.69) is 12.1 Å². The number of hydrogen-bond donors (Lipinski definition) is 1. The smallest absolute Gasteiger partial charge is 0.337 e. The summed E-state index contributed by atoms with van der Waals surface area (Å²) in [6.07, 6.45) is 3.25. The van der Waals surface area contributed by atoms with Crippen molar-refractivity contribution in [2.75, 3.05) is 7.11 Å². The van der Waals surface area contributed by atoms with Gasteiger partial charge in [0, 0.05) is 17.2 Å². The second-order valence-electron chi connectivity index (χ2n) is 10.3. The van der Waals surface area contributed by atoms with E-state index in [0.29, 0.717) is 32.0 Å². The molecule has 43 heavy (non-hydrogen) atoms. The van der Waals surface area contributed by atoms with Crippen molar-refractivity contribution in [3.8, 4) is 11.3 Å². The van der Waals surface area contributed by atoms with Gasteiger partial charge in [-0.2, -0.15) is 0 Å². The summed E-state index contributed by atoms with van der Waals surface area (Å²) >= 11 is 1.28. The average Bonchev–Trinajstić information content (AvgIpc) is 3.63. The molecule has 0 radical (unpaired) electrons. The van der Waals surface area contributed by atoms with Gasteiger partial charge in [0.2, 0.25) is 0 Å². The van der Waals surface area contributed by atoms with Crippen LogP contribution in [0, 0.1) is 0 Å². The van der Waals surface area contributed by atoms with E-state index in [1.807, 2.05) is 24.3 Å². The van der Waals surface area contributed by atoms with Gasteiger partial charge in [-0.3, -0.25) is 9.36 Å². The largest absolute Gasteiger partial charge is 0.478 e. The van der Waals surface area contributed by atoms with Crippen molar-refractivity contribution in [2.24, 2.45) is 4.99 Å². The monoisotopic (exact) mass is 588 g/mol. The van der Waals surface area contributed by atoms with E-state index in [0.717, 1.165) is 35.2 Å². The number of ether oxygens (including phenoxy) is 1. The zero-order chi connectivity index (χ0) is 29.7. The van der Waals surface area contributed by atoms with Gasteiger partial charge in [0.05, 0.1) is 34.5 Å². The second kappa shape index (κ2) is 10.5. The number of fused-ring (bicyclic) bond motifs is 3. The van der Waals surface area contributed by atoms with Crippen LogP contribution in [-0.4, -0.2) is 28.7 Å². The van der Waals surface area contributed by atoms with Gasteiger partial charge in [-0.1, -0.05) is 65.9 Å². The van der Waals surface area contributed by atoms with Crippen LogP contribution in [0.15, 0.2) is 105 Å². The van der Waals surface area contributed by atoms with Crippen LogP contribution in [0.2, 0.25) is 0 Å². The molecular weight excluding hydrogens is 564 g/mol. The Balaban J connectivity index is 1.38. The molecule has 2 aliphatic rings. The molecule has 0 bridgehead atoms. The fourth-order valence-electron chi connectivity index (χ4n) is 5.83. The molecule has 1 N–H and O–H groups in total. The minimum atomic E-state index is -1.05. The third-order valence-corrected chi connectivity index (χ3v) is 8.83. The summed E-state index contributed by atoms with van der Waals surface area (Å²) in [6, 6.07) is 25.0. The van der Waals surface area contributed by atoms with Crippen LogP contribution in [-0.2, 0) is 11.2 Å². The summed E-state index contributed by atoms with van der Waals surface area (Å²) in [5.41, 5.74) is 5.88. The standard InChI is InChI=1S/C34H24N2O6S/c1-41-33(40)21-12-10-20(11-13-21)30-26-16-14-19-6-2-3-7-23(19)29(26)35-34-36(30)31(37)28(43-34)18-22-15-17-27(42-22)24-8-4-5-9-25(24)32(38)39/h2-13,15,17-18,30H,14,16H2,1H3,(H,38,39)/b28-18+/t30-/m0/s1. The number of esters is 1. The van der Waals surface area contributed by atoms with Gasteiger partial charge in [-0.15, -0.1) is 0 Å². The van der Waals surface area contributed by atoms with E-state index in [1.165, 1.54) is 30.1 Å². The SMILES string of the molecule is COC(=O)c1ccc([C@H]2C3=C(N=c4s/c(=C/c5ccc(-c6ccccc6C(=O)O)o5)c(=O)n42)c2ccccc2CC3)cc1. The van der Waals surface area contributed by atoms with E-state index in [9.17, 15) is 19.5 Å². The maximum atomic E-state index is 14.0. The van der Waals surface area contributed by atoms with E-state index >= 15 is 0 Å². The average molecular weight is 589 g/mol. The maximum Gasteiger partial charge on any atom is 0.337 e. The number of rotatable bonds is 5. The molecule has 9 heteroatoms. The number of hydrogen-bond acceptors (Lipinski definition) is 7. The number of aromatic nitrogens is 1. The van der Waals surface area contributed by atoms with Crippen LogP contribution < -0.4 is 14.9 Å². The number of nitrogens with zero attached hydrogens (tertiary/aromatic N) is 2. The number of benzene rings is 3. The fraction of sp³-hybridized carbons (Fsp3) is 0.118. The number of thiazole rings is 1. The summed E-state index contributed by atoms with van der Waals surface area (Å²) < 4.78 is 13.0. The first-order valence-corrected chi connectivity index (χ1v) is 14.5. The Morgan fingerprint density at radius 2 is 1.72 bits per heavy atom. The van der Waals surface area contributed by atoms with Gasteiger partial charge in [-0.25, -0.2) is 14.6 Å². The lowest BCUT2D eigenvalue weighted by Gasteiger charge is -2.30. The Labute approximate surface area is 249 Å². The van der Waals surface area contributed by atoms with Crippen LogP contribution in [0.5, 0.6) is 0 Å². The predicted molar refractivity (Wildman–Crippen MR) is 162 cm³/mol. The molecule has 0 fully saturated rings. The highest BCUT2D eigenvalue weighted by atomic mass is 32.1. The molecule has 1 atom stereocenters. The molecule has 1 aliphatic carbocycles. The quantitative estimate of drug-likeness (QED) is 0.287. The first-order valence-electron chi connectivity index (χ1n) is 13.7. The summed E-state index contributed by atoms with van der Waals surface area (Å²) in [5.74, 6) is -0.654. The Morgan fingerprint density at radius 3 is 2.49 bits per heavy atom. The van der Waals surface area contributed by atoms with Crippen molar-refractivity contribution < 1.29 is 23.8 Å². The van der Waals surface area contributed by atoms with Crippen molar-refractivity contribution >= 4 is 35.0 Å². The van der Waals surface area contributed by atoms with Crippen molar-refractivity contribution in [1.82, 2.24) is 4.57 Å². The molecule has 0 spiro atoms. The molecule has 0 amide bonds. The summed E-state index contributed by atoms with van der Waals surface area (Å²) in [4.78, 5) is 43.4. The number of aromatic carboxylic acids is 1. The lowest BCUT2D eigenvalue weighted by molar-refractivity contribution is 0.0599. The normalized spacial score (nSPS) is 15.7. The number of methoxy groups -OCH3 is 1. The van der Waals surface area contributed by atoms with Gasteiger partial charge >= 0.3 is 11.9 Å². The van der Waals surface area contributed by atoms with Gasteiger partial charge < -0.3 is 14.3 Å². The third kappa shape index (κ3) is 4.54. The summed E-state index contributed by atoms with van der Waals surface area (Å²) in [5, 5.41) is 9.59. The molecular formula is C34H24N2O6S. The zero-order valence-electron chi connectivity index (χ0n) is 22.9. The first kappa shape index (κ1) is 26.6. The van der Waals surface area contributed by atoms with Crippen LogP contribution >= 0.6 is 11.3 Å². The van der Waals surface area contributed by atoms with Gasteiger partial charge in [0.25, 0.3) is 5.56 Å². The van der Waals surface area contributed by atoms with E-state index in [-0.39, 0.29) is 11.1 Å². The molecule has 0 unspecified atom stereocenters. The fourth-order valence-corrected chi connectivity index (χ4v) is 6.81. The number of aryl methyl sites for hydroxylation is 1. The molecule has 3 heterocycles. The van der Waals surface area contributed by atoms with E-state index in [1.54, 1.807) is 53.1 Å². The Morgan fingerprint density at radius 1 is 0.977 bits per heavy atom. The van der Waals surface area contributed by atoms with Gasteiger partial charge in [0.1, 0.15) is 11.5 Å². The summed E-state index contributed by atoms with van der Waals surface area (Å²) in [6.45, 7) is 0. The Bertz CT molecular complexity index is 2150. The van der Waals surface area contributed by atoms with Crippen molar-refractivity contribution in [1.29, 1.82) is 0 Å². The maximum absolute atomic E-state index is 14.0. The Hall–Kier alpha value is -5.28. The number of furan rings is 1. The van der Waals surface area contributed by atoms with Crippen molar-refractivity contribution in [2.45, 2.75) is 18.9 Å². The zero-order valence-corrected chi connectivity index (χ0v) is 23.8. The summed E-state index contributed by atoms with van der Waals surface area (Å²) in [7, 11) is 1.34.